The molecular formula is C11H11F4N5O4S2. The molecule has 9 nitrogen and oxygen atoms in total. The van der Waals surface area contributed by atoms with E-state index in [1.54, 1.807) is 4.72 Å². The first kappa shape index (κ1) is 21.9. The second-order valence-corrected chi connectivity index (χ2v) is 8.32. The molecule has 0 unspecified atom stereocenters. The van der Waals surface area contributed by atoms with E-state index in [9.17, 15) is 34.4 Å². The van der Waals surface area contributed by atoms with Gasteiger partial charge in [0.05, 0.1) is 0 Å². The summed E-state index contributed by atoms with van der Waals surface area (Å²) in [7, 11) is -9.02. The molecule has 0 aliphatic carbocycles. The third-order valence-corrected chi connectivity index (χ3v) is 5.76. The van der Waals surface area contributed by atoms with Gasteiger partial charge in [0.2, 0.25) is 20.0 Å². The number of halogens is 4. The topological polar surface area (TPSA) is 141 Å². The van der Waals surface area contributed by atoms with Crippen molar-refractivity contribution in [3.8, 4) is 0 Å². The van der Waals surface area contributed by atoms with Gasteiger partial charge in [0.25, 0.3) is 0 Å². The van der Waals surface area contributed by atoms with Crippen molar-refractivity contribution in [3.63, 3.8) is 0 Å². The quantitative estimate of drug-likeness (QED) is 0.166. The Morgan fingerprint density at radius 2 is 1.50 bits per heavy atom. The van der Waals surface area contributed by atoms with Crippen LogP contribution < -0.4 is 9.44 Å². The average Bonchev–Trinajstić information content (AvgIpc) is 2.53. The van der Waals surface area contributed by atoms with Gasteiger partial charge in [0, 0.05) is 22.9 Å². The molecule has 144 valence electrons. The minimum absolute atomic E-state index is 0.268. The fourth-order valence-electron chi connectivity index (χ4n) is 1.53. The van der Waals surface area contributed by atoms with Crippen LogP contribution in [0.5, 0.6) is 0 Å². The molecule has 0 fully saturated rings. The molecule has 0 heterocycles. The van der Waals surface area contributed by atoms with Crippen LogP contribution in [0.25, 0.3) is 10.4 Å². The van der Waals surface area contributed by atoms with Crippen LogP contribution in [0.15, 0.2) is 21.5 Å². The molecule has 1 aromatic carbocycles. The van der Waals surface area contributed by atoms with E-state index in [0.29, 0.717) is 0 Å². The van der Waals surface area contributed by atoms with E-state index in [-0.39, 0.29) is 4.91 Å². The fraction of sp³-hybridized carbons (Fsp3) is 0.273. The Kier molecular flexibility index (Phi) is 6.73. The Balaban J connectivity index is 3.15. The first-order valence-electron chi connectivity index (χ1n) is 6.42. The van der Waals surface area contributed by atoms with Crippen LogP contribution >= 0.6 is 0 Å². The SMILES string of the molecule is C=C(C)S(=O)(=O)NCCNS(=O)(=O)c1c(F)c(F)c(N=[N+]=[N-])c(F)c1F. The van der Waals surface area contributed by atoms with E-state index >= 15 is 0 Å². The number of allylic oxidation sites excluding steroid dienone is 1. The predicted octanol–water partition coefficient (Wildman–Crippen LogP) is 1.92. The fourth-order valence-corrected chi connectivity index (χ4v) is 3.32. The number of hydrogen-bond acceptors (Lipinski definition) is 5. The van der Waals surface area contributed by atoms with Gasteiger partial charge in [-0.3, -0.25) is 0 Å². The van der Waals surface area contributed by atoms with Gasteiger partial charge >= 0.3 is 0 Å². The molecule has 0 aromatic heterocycles. The number of rotatable bonds is 8. The van der Waals surface area contributed by atoms with Crippen molar-refractivity contribution in [2.24, 2.45) is 5.11 Å². The zero-order chi connectivity index (χ0) is 20.3. The summed E-state index contributed by atoms with van der Waals surface area (Å²) in [6, 6.07) is 0. The van der Waals surface area contributed by atoms with E-state index in [2.05, 4.69) is 11.7 Å². The standard InChI is InChI=1S/C11H11F4N5O4S2/c1-5(2)25(21,22)17-3-4-18-26(23,24)11-8(14)6(12)10(19-20-16)7(13)9(11)15/h17-18H,1,3-4H2,2H3. The second-order valence-electron chi connectivity index (χ2n) is 4.62. The maximum absolute atomic E-state index is 13.8. The summed E-state index contributed by atoms with van der Waals surface area (Å²) in [5.74, 6) is -9.02. The lowest BCUT2D eigenvalue weighted by atomic mass is 10.2. The first-order chi connectivity index (χ1) is 11.9. The zero-order valence-electron chi connectivity index (χ0n) is 12.9. The molecule has 0 aliphatic rings. The molecule has 0 radical (unpaired) electrons. The van der Waals surface area contributed by atoms with Gasteiger partial charge in [-0.25, -0.2) is 43.8 Å². The van der Waals surface area contributed by atoms with E-state index in [1.807, 2.05) is 9.63 Å². The molecule has 0 amide bonds. The molecule has 0 spiro atoms. The van der Waals surface area contributed by atoms with Crippen molar-refractivity contribution in [1.82, 2.24) is 9.44 Å². The van der Waals surface area contributed by atoms with Crippen LogP contribution in [0.3, 0.4) is 0 Å². The van der Waals surface area contributed by atoms with Crippen LogP contribution in [-0.4, -0.2) is 29.9 Å². The van der Waals surface area contributed by atoms with Gasteiger partial charge in [0.15, 0.2) is 28.2 Å². The van der Waals surface area contributed by atoms with Crippen LogP contribution in [-0.2, 0) is 20.0 Å². The van der Waals surface area contributed by atoms with Crippen molar-refractivity contribution in [3.05, 3.63) is 45.2 Å². The van der Waals surface area contributed by atoms with E-state index < -0.39 is 67.0 Å². The Morgan fingerprint density at radius 1 is 1.04 bits per heavy atom. The summed E-state index contributed by atoms with van der Waals surface area (Å²) < 4.78 is 105. The summed E-state index contributed by atoms with van der Waals surface area (Å²) in [6.07, 6.45) is 0. The van der Waals surface area contributed by atoms with E-state index in [1.165, 1.54) is 0 Å². The number of benzene rings is 1. The molecule has 26 heavy (non-hydrogen) atoms. The van der Waals surface area contributed by atoms with Crippen LogP contribution in [0.2, 0.25) is 0 Å². The molecule has 0 atom stereocenters. The maximum Gasteiger partial charge on any atom is 0.246 e. The highest BCUT2D eigenvalue weighted by molar-refractivity contribution is 7.93. The zero-order valence-corrected chi connectivity index (χ0v) is 14.6. The second kappa shape index (κ2) is 8.01. The summed E-state index contributed by atoms with van der Waals surface area (Å²) in [5, 5.41) is 2.42. The monoisotopic (exact) mass is 417 g/mol. The number of sulfonamides is 2. The first-order valence-corrected chi connectivity index (χ1v) is 9.39. The van der Waals surface area contributed by atoms with Gasteiger partial charge in [-0.2, -0.15) is 0 Å². The molecule has 0 aliphatic heterocycles. The minimum Gasteiger partial charge on any atom is -0.210 e. The van der Waals surface area contributed by atoms with Gasteiger partial charge in [-0.15, -0.1) is 0 Å². The normalized spacial score (nSPS) is 11.9. The molecule has 1 rings (SSSR count). The van der Waals surface area contributed by atoms with Crippen LogP contribution in [0.4, 0.5) is 23.2 Å². The summed E-state index contributed by atoms with van der Waals surface area (Å²) >= 11 is 0. The Bertz CT molecular complexity index is 975. The molecule has 2 N–H and O–H groups in total. The average molecular weight is 417 g/mol. The summed E-state index contributed by atoms with van der Waals surface area (Å²) in [6.45, 7) is 3.08. The smallest absolute Gasteiger partial charge is 0.210 e. The third-order valence-electron chi connectivity index (χ3n) is 2.78. The molecule has 0 bridgehead atoms. The van der Waals surface area contributed by atoms with Crippen LogP contribution in [0, 0.1) is 23.3 Å². The molecule has 0 saturated heterocycles. The lowest BCUT2D eigenvalue weighted by Crippen LogP contribution is -2.35. The van der Waals surface area contributed by atoms with E-state index in [4.69, 9.17) is 5.53 Å². The largest absolute Gasteiger partial charge is 0.246 e. The van der Waals surface area contributed by atoms with Crippen molar-refractivity contribution in [1.29, 1.82) is 0 Å². The number of nitrogens with zero attached hydrogens (tertiary/aromatic N) is 3. The number of nitrogens with one attached hydrogen (secondary N) is 2. The molecule has 1 aromatic rings. The molecule has 0 saturated carbocycles. The minimum atomic E-state index is -5.11. The highest BCUT2D eigenvalue weighted by Crippen LogP contribution is 2.32. The van der Waals surface area contributed by atoms with Gasteiger partial charge < -0.3 is 0 Å². The van der Waals surface area contributed by atoms with Gasteiger partial charge in [-0.1, -0.05) is 11.7 Å². The van der Waals surface area contributed by atoms with Crippen molar-refractivity contribution in [2.75, 3.05) is 13.1 Å². The Morgan fingerprint density at radius 3 is 1.92 bits per heavy atom. The Hall–Kier alpha value is -2.19. The summed E-state index contributed by atoms with van der Waals surface area (Å²) in [4.78, 5) is -0.274. The number of hydrogen-bond donors (Lipinski definition) is 2. The van der Waals surface area contributed by atoms with Crippen molar-refractivity contribution >= 4 is 25.7 Å². The lowest BCUT2D eigenvalue weighted by molar-refractivity contribution is 0.421. The maximum atomic E-state index is 13.8. The van der Waals surface area contributed by atoms with Crippen LogP contribution in [0.1, 0.15) is 6.92 Å². The molecular weight excluding hydrogens is 406 g/mol. The third kappa shape index (κ3) is 4.50. The Labute approximate surface area is 145 Å². The van der Waals surface area contributed by atoms with Gasteiger partial charge in [-0.05, 0) is 12.5 Å². The highest BCUT2D eigenvalue weighted by Gasteiger charge is 2.32. The highest BCUT2D eigenvalue weighted by atomic mass is 32.2. The van der Waals surface area contributed by atoms with Crippen molar-refractivity contribution < 1.29 is 34.4 Å². The van der Waals surface area contributed by atoms with Crippen molar-refractivity contribution in [2.45, 2.75) is 11.8 Å². The van der Waals surface area contributed by atoms with E-state index in [0.717, 1.165) is 6.92 Å². The van der Waals surface area contributed by atoms with Gasteiger partial charge in [0.1, 0.15) is 5.69 Å². The predicted molar refractivity (Wildman–Crippen MR) is 82.0 cm³/mol. The molecule has 15 heteroatoms. The number of azide groups is 1. The lowest BCUT2D eigenvalue weighted by Gasteiger charge is -2.11. The summed E-state index contributed by atoms with van der Waals surface area (Å²) in [5.41, 5.74) is 6.44.